The first-order valence-electron chi connectivity index (χ1n) is 8.65. The van der Waals surface area contributed by atoms with Crippen LogP contribution in [0.15, 0.2) is 46.9 Å². The second-order valence-electron chi connectivity index (χ2n) is 6.31. The second kappa shape index (κ2) is 8.23. The van der Waals surface area contributed by atoms with E-state index in [0.29, 0.717) is 23.7 Å². The molecule has 3 rings (SSSR count). The zero-order valence-electron chi connectivity index (χ0n) is 14.9. The minimum Gasteiger partial charge on any atom is -0.331 e. The Bertz CT molecular complexity index is 938. The van der Waals surface area contributed by atoms with Crippen LogP contribution in [0.1, 0.15) is 35.9 Å². The van der Waals surface area contributed by atoms with Gasteiger partial charge in [0.15, 0.2) is 0 Å². The van der Waals surface area contributed by atoms with Crippen LogP contribution in [0.2, 0.25) is 5.02 Å². The fourth-order valence-corrected chi connectivity index (χ4v) is 3.51. The number of nitrogens with zero attached hydrogens (tertiary/aromatic N) is 3. The van der Waals surface area contributed by atoms with Crippen molar-refractivity contribution in [2.45, 2.75) is 26.3 Å². The highest BCUT2D eigenvalue weighted by molar-refractivity contribution is 9.10. The van der Waals surface area contributed by atoms with Gasteiger partial charge in [0, 0.05) is 28.7 Å². The van der Waals surface area contributed by atoms with E-state index in [1.54, 1.807) is 0 Å². The molecule has 3 aromatic rings. The van der Waals surface area contributed by atoms with Crippen LogP contribution in [0.25, 0.3) is 11.0 Å². The summed E-state index contributed by atoms with van der Waals surface area (Å²) in [6.07, 6.45) is 1.98. The molecule has 6 heteroatoms. The minimum atomic E-state index is 0.0184. The van der Waals surface area contributed by atoms with Gasteiger partial charge >= 0.3 is 0 Å². The predicted molar refractivity (Wildman–Crippen MR) is 110 cm³/mol. The van der Waals surface area contributed by atoms with Crippen molar-refractivity contribution in [3.05, 3.63) is 63.3 Å². The van der Waals surface area contributed by atoms with E-state index in [0.717, 1.165) is 34.2 Å². The van der Waals surface area contributed by atoms with E-state index in [-0.39, 0.29) is 5.91 Å². The van der Waals surface area contributed by atoms with Crippen LogP contribution >= 0.6 is 27.5 Å². The molecule has 0 saturated heterocycles. The van der Waals surface area contributed by atoms with Crippen molar-refractivity contribution in [1.29, 1.82) is 0 Å². The smallest absolute Gasteiger partial charge is 0.254 e. The topological polar surface area (TPSA) is 38.1 Å². The number of halogens is 2. The van der Waals surface area contributed by atoms with E-state index in [9.17, 15) is 4.79 Å². The van der Waals surface area contributed by atoms with Gasteiger partial charge in [0.2, 0.25) is 0 Å². The van der Waals surface area contributed by atoms with Crippen molar-refractivity contribution >= 4 is 44.5 Å². The Morgan fingerprint density at radius 3 is 2.81 bits per heavy atom. The zero-order chi connectivity index (χ0) is 18.7. The molecule has 0 aliphatic carbocycles. The van der Waals surface area contributed by atoms with Gasteiger partial charge in [-0.1, -0.05) is 46.9 Å². The monoisotopic (exact) mass is 433 g/mol. The third-order valence-electron chi connectivity index (χ3n) is 4.41. The molecule has 0 radical (unpaired) electrons. The number of carbonyl (C=O) groups is 1. The molecule has 1 aromatic heterocycles. The SMILES string of the molecule is CCCCN(Cc1nc2cc(Cl)ccc2n1C)C(=O)c1cccc(Br)c1. The Morgan fingerprint density at radius 2 is 2.08 bits per heavy atom. The molecule has 1 heterocycles. The van der Waals surface area contributed by atoms with Gasteiger partial charge in [-0.25, -0.2) is 4.98 Å². The number of benzene rings is 2. The molecule has 0 unspecified atom stereocenters. The van der Waals surface area contributed by atoms with Crippen molar-refractivity contribution < 1.29 is 4.79 Å². The molecule has 0 aliphatic rings. The van der Waals surface area contributed by atoms with Gasteiger partial charge in [0.05, 0.1) is 17.6 Å². The quantitative estimate of drug-likeness (QED) is 0.519. The average molecular weight is 435 g/mol. The van der Waals surface area contributed by atoms with Gasteiger partial charge in [-0.3, -0.25) is 4.79 Å². The average Bonchev–Trinajstić information content (AvgIpc) is 2.92. The third kappa shape index (κ3) is 4.10. The number of aryl methyl sites for hydroxylation is 1. The summed E-state index contributed by atoms with van der Waals surface area (Å²) in [6, 6.07) is 13.2. The highest BCUT2D eigenvalue weighted by Crippen LogP contribution is 2.21. The predicted octanol–water partition coefficient (Wildman–Crippen LogP) is 5.43. The Morgan fingerprint density at radius 1 is 1.27 bits per heavy atom. The van der Waals surface area contributed by atoms with Gasteiger partial charge in [-0.2, -0.15) is 0 Å². The molecule has 136 valence electrons. The van der Waals surface area contributed by atoms with Crippen LogP contribution < -0.4 is 0 Å². The Hall–Kier alpha value is -1.85. The van der Waals surface area contributed by atoms with Crippen LogP contribution in [-0.2, 0) is 13.6 Å². The first kappa shape index (κ1) is 18.9. The standard InChI is InChI=1S/C20H21BrClN3O/c1-3-4-10-25(20(26)14-6-5-7-15(21)11-14)13-19-23-17-12-16(22)8-9-18(17)24(19)2/h5-9,11-12H,3-4,10,13H2,1-2H3. The molecule has 0 atom stereocenters. The Labute approximate surface area is 166 Å². The van der Waals surface area contributed by atoms with Crippen LogP contribution in [-0.4, -0.2) is 26.9 Å². The number of rotatable bonds is 6. The highest BCUT2D eigenvalue weighted by atomic mass is 79.9. The fraction of sp³-hybridized carbons (Fsp3) is 0.300. The first-order valence-corrected chi connectivity index (χ1v) is 9.82. The van der Waals surface area contributed by atoms with E-state index < -0.39 is 0 Å². The largest absolute Gasteiger partial charge is 0.331 e. The maximum atomic E-state index is 13.0. The number of hydrogen-bond acceptors (Lipinski definition) is 2. The lowest BCUT2D eigenvalue weighted by Gasteiger charge is -2.22. The maximum Gasteiger partial charge on any atom is 0.254 e. The molecule has 0 spiro atoms. The number of imidazole rings is 1. The van der Waals surface area contributed by atoms with Crippen LogP contribution in [0, 0.1) is 0 Å². The third-order valence-corrected chi connectivity index (χ3v) is 5.14. The second-order valence-corrected chi connectivity index (χ2v) is 7.66. The molecule has 1 amide bonds. The molecule has 0 saturated carbocycles. The number of carbonyl (C=O) groups excluding carboxylic acids is 1. The molecular weight excluding hydrogens is 414 g/mol. The Balaban J connectivity index is 1.91. The highest BCUT2D eigenvalue weighted by Gasteiger charge is 2.19. The van der Waals surface area contributed by atoms with Crippen molar-refractivity contribution in [1.82, 2.24) is 14.5 Å². The van der Waals surface area contributed by atoms with E-state index in [2.05, 4.69) is 27.8 Å². The van der Waals surface area contributed by atoms with Gasteiger partial charge in [-0.15, -0.1) is 0 Å². The van der Waals surface area contributed by atoms with Crippen molar-refractivity contribution in [3.8, 4) is 0 Å². The molecular formula is C20H21BrClN3O. The first-order chi connectivity index (χ1) is 12.5. The number of hydrogen-bond donors (Lipinski definition) is 0. The van der Waals surface area contributed by atoms with Gasteiger partial charge in [-0.05, 0) is 42.8 Å². The summed E-state index contributed by atoms with van der Waals surface area (Å²) < 4.78 is 2.93. The lowest BCUT2D eigenvalue weighted by atomic mass is 10.2. The maximum absolute atomic E-state index is 13.0. The van der Waals surface area contributed by atoms with Crippen LogP contribution in [0.3, 0.4) is 0 Å². The van der Waals surface area contributed by atoms with E-state index in [1.165, 1.54) is 0 Å². The molecule has 2 aromatic carbocycles. The molecule has 26 heavy (non-hydrogen) atoms. The minimum absolute atomic E-state index is 0.0184. The van der Waals surface area contributed by atoms with Crippen LogP contribution in [0.5, 0.6) is 0 Å². The lowest BCUT2D eigenvalue weighted by Crippen LogP contribution is -2.32. The molecule has 0 bridgehead atoms. The summed E-state index contributed by atoms with van der Waals surface area (Å²) in [7, 11) is 1.97. The number of aromatic nitrogens is 2. The van der Waals surface area contributed by atoms with Crippen molar-refractivity contribution in [2.24, 2.45) is 7.05 Å². The zero-order valence-corrected chi connectivity index (χ0v) is 17.2. The van der Waals surface area contributed by atoms with Crippen molar-refractivity contribution in [3.63, 3.8) is 0 Å². The van der Waals surface area contributed by atoms with Gasteiger partial charge in [0.1, 0.15) is 5.82 Å². The molecule has 0 N–H and O–H groups in total. The number of fused-ring (bicyclic) bond motifs is 1. The molecule has 0 aliphatic heterocycles. The summed E-state index contributed by atoms with van der Waals surface area (Å²) >= 11 is 9.52. The summed E-state index contributed by atoms with van der Waals surface area (Å²) in [5.74, 6) is 0.867. The number of amides is 1. The fourth-order valence-electron chi connectivity index (χ4n) is 2.94. The van der Waals surface area contributed by atoms with E-state index >= 15 is 0 Å². The molecule has 0 fully saturated rings. The van der Waals surface area contributed by atoms with Crippen LogP contribution in [0.4, 0.5) is 0 Å². The summed E-state index contributed by atoms with van der Waals surface area (Å²) in [6.45, 7) is 3.29. The van der Waals surface area contributed by atoms with E-state index in [4.69, 9.17) is 11.6 Å². The molecule has 4 nitrogen and oxygen atoms in total. The number of unbranched alkanes of at least 4 members (excludes halogenated alkanes) is 1. The van der Waals surface area contributed by atoms with Gasteiger partial charge < -0.3 is 9.47 Å². The van der Waals surface area contributed by atoms with E-state index in [1.807, 2.05) is 59.0 Å². The normalized spacial score (nSPS) is 11.1. The Kier molecular flexibility index (Phi) is 5.99. The summed E-state index contributed by atoms with van der Waals surface area (Å²) in [5, 5.41) is 0.662. The van der Waals surface area contributed by atoms with Crippen molar-refractivity contribution in [2.75, 3.05) is 6.54 Å². The van der Waals surface area contributed by atoms with Gasteiger partial charge in [0.25, 0.3) is 5.91 Å². The lowest BCUT2D eigenvalue weighted by molar-refractivity contribution is 0.0735. The summed E-state index contributed by atoms with van der Waals surface area (Å²) in [4.78, 5) is 19.6. The summed E-state index contributed by atoms with van der Waals surface area (Å²) in [5.41, 5.74) is 2.53.